The van der Waals surface area contributed by atoms with E-state index in [-0.39, 0.29) is 18.1 Å². The topological polar surface area (TPSA) is 50.8 Å². The molecule has 0 saturated carbocycles. The third kappa shape index (κ3) is 8.18. The van der Waals surface area contributed by atoms with Crippen molar-refractivity contribution in [1.29, 1.82) is 0 Å². The predicted molar refractivity (Wildman–Crippen MR) is 77.3 cm³/mol. The molecule has 0 aromatic carbocycles. The molecule has 0 aromatic heterocycles. The number of hydrogen-bond donors (Lipinski definition) is 1. The van der Waals surface area contributed by atoms with Gasteiger partial charge in [0.1, 0.15) is 6.04 Å². The second-order valence-electron chi connectivity index (χ2n) is 5.21. The predicted octanol–water partition coefficient (Wildman–Crippen LogP) is 1.27. The largest absolute Gasteiger partial charge is 0.465 e. The zero-order valence-corrected chi connectivity index (χ0v) is 13.2. The van der Waals surface area contributed by atoms with Crippen LogP contribution in [0.25, 0.3) is 0 Å². The Kier molecular flexibility index (Phi) is 9.83. The number of methoxy groups -OCH3 is 1. The standard InChI is InChI=1S/C14H30N2O3/c1-7-19-14(17)13(15-11(2)3)10-16(12(4)5)8-9-18-6/h11-13,15H,7-10H2,1-6H3. The Balaban J connectivity index is 4.59. The number of carbonyl (C=O) groups is 1. The maximum atomic E-state index is 12.0. The van der Waals surface area contributed by atoms with Gasteiger partial charge < -0.3 is 14.8 Å². The van der Waals surface area contributed by atoms with E-state index in [0.717, 1.165) is 6.54 Å². The smallest absolute Gasteiger partial charge is 0.324 e. The van der Waals surface area contributed by atoms with E-state index in [9.17, 15) is 4.79 Å². The van der Waals surface area contributed by atoms with Gasteiger partial charge in [-0.25, -0.2) is 0 Å². The van der Waals surface area contributed by atoms with Crippen molar-refractivity contribution in [3.05, 3.63) is 0 Å². The lowest BCUT2D eigenvalue weighted by Gasteiger charge is -2.30. The van der Waals surface area contributed by atoms with Gasteiger partial charge in [0.25, 0.3) is 0 Å². The number of hydrogen-bond acceptors (Lipinski definition) is 5. The molecule has 0 radical (unpaired) electrons. The van der Waals surface area contributed by atoms with E-state index in [0.29, 0.717) is 25.8 Å². The van der Waals surface area contributed by atoms with Gasteiger partial charge in [0, 0.05) is 32.3 Å². The van der Waals surface area contributed by atoms with Crippen molar-refractivity contribution in [2.24, 2.45) is 0 Å². The van der Waals surface area contributed by atoms with Crippen LogP contribution in [0.2, 0.25) is 0 Å². The molecular weight excluding hydrogens is 244 g/mol. The first-order valence-electron chi connectivity index (χ1n) is 7.08. The van der Waals surface area contributed by atoms with Gasteiger partial charge in [0.05, 0.1) is 13.2 Å². The minimum Gasteiger partial charge on any atom is -0.465 e. The summed E-state index contributed by atoms with van der Waals surface area (Å²) in [4.78, 5) is 14.2. The first-order valence-corrected chi connectivity index (χ1v) is 7.08. The Hall–Kier alpha value is -0.650. The van der Waals surface area contributed by atoms with Gasteiger partial charge in [-0.2, -0.15) is 0 Å². The molecule has 0 saturated heterocycles. The summed E-state index contributed by atoms with van der Waals surface area (Å²) >= 11 is 0. The summed E-state index contributed by atoms with van der Waals surface area (Å²) in [5.41, 5.74) is 0. The van der Waals surface area contributed by atoms with Crippen LogP contribution < -0.4 is 5.32 Å². The molecule has 0 aliphatic heterocycles. The Bertz CT molecular complexity index is 245. The van der Waals surface area contributed by atoms with Crippen molar-refractivity contribution in [2.75, 3.05) is 33.4 Å². The van der Waals surface area contributed by atoms with Gasteiger partial charge >= 0.3 is 5.97 Å². The summed E-state index contributed by atoms with van der Waals surface area (Å²) in [5, 5.41) is 3.27. The van der Waals surface area contributed by atoms with Crippen molar-refractivity contribution in [1.82, 2.24) is 10.2 Å². The third-order valence-electron chi connectivity index (χ3n) is 2.84. The van der Waals surface area contributed by atoms with Gasteiger partial charge in [-0.15, -0.1) is 0 Å². The number of ether oxygens (including phenoxy) is 2. The van der Waals surface area contributed by atoms with Crippen LogP contribution in [0.5, 0.6) is 0 Å². The summed E-state index contributed by atoms with van der Waals surface area (Å²) in [6.07, 6.45) is 0. The summed E-state index contributed by atoms with van der Waals surface area (Å²) in [7, 11) is 1.69. The van der Waals surface area contributed by atoms with E-state index in [4.69, 9.17) is 9.47 Å². The third-order valence-corrected chi connectivity index (χ3v) is 2.84. The van der Waals surface area contributed by atoms with Crippen LogP contribution in [-0.4, -0.2) is 62.4 Å². The maximum absolute atomic E-state index is 12.0. The van der Waals surface area contributed by atoms with Crippen LogP contribution in [-0.2, 0) is 14.3 Å². The molecule has 1 N–H and O–H groups in total. The summed E-state index contributed by atoms with van der Waals surface area (Å²) in [6, 6.07) is 0.311. The molecule has 19 heavy (non-hydrogen) atoms. The molecule has 1 atom stereocenters. The summed E-state index contributed by atoms with van der Waals surface area (Å²) in [5.74, 6) is -0.181. The Morgan fingerprint density at radius 2 is 1.89 bits per heavy atom. The number of esters is 1. The number of nitrogens with zero attached hydrogens (tertiary/aromatic N) is 1. The monoisotopic (exact) mass is 274 g/mol. The summed E-state index contributed by atoms with van der Waals surface area (Å²) < 4.78 is 10.2. The Labute approximate surface area is 117 Å². The van der Waals surface area contributed by atoms with E-state index < -0.39 is 0 Å². The van der Waals surface area contributed by atoms with Crippen LogP contribution in [0.4, 0.5) is 0 Å². The minimum absolute atomic E-state index is 0.181. The minimum atomic E-state index is -0.292. The molecule has 5 heteroatoms. The van der Waals surface area contributed by atoms with Gasteiger partial charge in [-0.3, -0.25) is 9.69 Å². The molecule has 0 rings (SSSR count). The second-order valence-corrected chi connectivity index (χ2v) is 5.21. The second kappa shape index (κ2) is 10.2. The first kappa shape index (κ1) is 18.4. The highest BCUT2D eigenvalue weighted by atomic mass is 16.5. The average Bonchev–Trinajstić information content (AvgIpc) is 2.32. The van der Waals surface area contributed by atoms with Gasteiger partial charge in [0.2, 0.25) is 0 Å². The molecule has 0 spiro atoms. The lowest BCUT2D eigenvalue weighted by atomic mass is 10.2. The highest BCUT2D eigenvalue weighted by Gasteiger charge is 2.24. The fraction of sp³-hybridized carbons (Fsp3) is 0.929. The molecule has 114 valence electrons. The Morgan fingerprint density at radius 1 is 1.26 bits per heavy atom. The molecule has 1 unspecified atom stereocenters. The van der Waals surface area contributed by atoms with E-state index in [1.54, 1.807) is 7.11 Å². The molecule has 0 aromatic rings. The van der Waals surface area contributed by atoms with Crippen LogP contribution in [0.15, 0.2) is 0 Å². The van der Waals surface area contributed by atoms with Crippen molar-refractivity contribution in [3.8, 4) is 0 Å². The highest BCUT2D eigenvalue weighted by Crippen LogP contribution is 2.03. The Morgan fingerprint density at radius 3 is 2.32 bits per heavy atom. The van der Waals surface area contributed by atoms with Gasteiger partial charge in [-0.05, 0) is 20.8 Å². The zero-order chi connectivity index (χ0) is 14.8. The lowest BCUT2D eigenvalue weighted by Crippen LogP contribution is -2.51. The van der Waals surface area contributed by atoms with Crippen LogP contribution in [0, 0.1) is 0 Å². The number of carbonyl (C=O) groups excluding carboxylic acids is 1. The van der Waals surface area contributed by atoms with Crippen LogP contribution >= 0.6 is 0 Å². The molecule has 0 amide bonds. The van der Waals surface area contributed by atoms with Crippen molar-refractivity contribution < 1.29 is 14.3 Å². The van der Waals surface area contributed by atoms with Crippen LogP contribution in [0.3, 0.4) is 0 Å². The van der Waals surface area contributed by atoms with Crippen LogP contribution in [0.1, 0.15) is 34.6 Å². The van der Waals surface area contributed by atoms with E-state index in [2.05, 4.69) is 24.1 Å². The summed E-state index contributed by atoms with van der Waals surface area (Å²) in [6.45, 7) is 12.6. The molecule has 0 fully saturated rings. The zero-order valence-electron chi connectivity index (χ0n) is 13.2. The molecule has 0 heterocycles. The van der Waals surface area contributed by atoms with Crippen molar-refractivity contribution in [2.45, 2.75) is 52.7 Å². The molecule has 0 aliphatic rings. The first-order chi connectivity index (χ1) is 8.92. The van der Waals surface area contributed by atoms with Crippen molar-refractivity contribution >= 4 is 5.97 Å². The molecule has 5 nitrogen and oxygen atoms in total. The van der Waals surface area contributed by atoms with E-state index >= 15 is 0 Å². The normalized spacial score (nSPS) is 13.3. The number of rotatable bonds is 10. The fourth-order valence-corrected chi connectivity index (χ4v) is 1.84. The lowest BCUT2D eigenvalue weighted by molar-refractivity contribution is -0.146. The molecular formula is C14H30N2O3. The molecule has 0 aliphatic carbocycles. The maximum Gasteiger partial charge on any atom is 0.324 e. The van der Waals surface area contributed by atoms with E-state index in [1.807, 2.05) is 20.8 Å². The SMILES string of the molecule is CCOC(=O)C(CN(CCOC)C(C)C)NC(C)C. The van der Waals surface area contributed by atoms with Gasteiger partial charge in [0.15, 0.2) is 0 Å². The highest BCUT2D eigenvalue weighted by molar-refractivity contribution is 5.76. The van der Waals surface area contributed by atoms with Gasteiger partial charge in [-0.1, -0.05) is 13.8 Å². The average molecular weight is 274 g/mol. The fourth-order valence-electron chi connectivity index (χ4n) is 1.84. The van der Waals surface area contributed by atoms with E-state index in [1.165, 1.54) is 0 Å². The quantitative estimate of drug-likeness (QED) is 0.608. The molecule has 0 bridgehead atoms. The van der Waals surface area contributed by atoms with Crippen molar-refractivity contribution in [3.63, 3.8) is 0 Å². The number of nitrogens with one attached hydrogen (secondary N) is 1.